The zero-order valence-electron chi connectivity index (χ0n) is 13.5. The van der Waals surface area contributed by atoms with Gasteiger partial charge in [-0.25, -0.2) is 4.98 Å². The molecule has 1 aromatic carbocycles. The molecule has 6 heteroatoms. The molecule has 0 spiro atoms. The van der Waals surface area contributed by atoms with Gasteiger partial charge in [-0.05, 0) is 44.2 Å². The van der Waals surface area contributed by atoms with E-state index in [9.17, 15) is 4.79 Å². The molecule has 2 aromatic heterocycles. The molecule has 1 N–H and O–H groups in total. The number of benzene rings is 1. The summed E-state index contributed by atoms with van der Waals surface area (Å²) in [7, 11) is 0. The number of rotatable bonds is 4. The summed E-state index contributed by atoms with van der Waals surface area (Å²) in [6, 6.07) is 12.4. The highest BCUT2D eigenvalue weighted by Crippen LogP contribution is 2.35. The van der Waals surface area contributed by atoms with Gasteiger partial charge in [0.1, 0.15) is 5.01 Å². The first-order valence-corrected chi connectivity index (χ1v) is 9.87. The highest BCUT2D eigenvalue weighted by atomic mass is 32.1. The zero-order valence-corrected chi connectivity index (χ0v) is 15.1. The quantitative estimate of drug-likeness (QED) is 0.771. The Balaban J connectivity index is 1.60. The van der Waals surface area contributed by atoms with Crippen LogP contribution in [0.15, 0.2) is 36.4 Å². The van der Waals surface area contributed by atoms with Crippen molar-refractivity contribution in [1.82, 2.24) is 15.2 Å². The van der Waals surface area contributed by atoms with Crippen molar-refractivity contribution in [3.8, 4) is 9.88 Å². The van der Waals surface area contributed by atoms with Gasteiger partial charge < -0.3 is 10.2 Å². The van der Waals surface area contributed by atoms with Crippen molar-refractivity contribution in [2.75, 3.05) is 19.6 Å². The summed E-state index contributed by atoms with van der Waals surface area (Å²) < 4.78 is 1.18. The SMILES string of the molecule is CCN(C(=O)c1ccc(-c2nc3ccccc3s2)s1)C1CCNC1. The number of nitrogens with zero attached hydrogens (tertiary/aromatic N) is 2. The van der Waals surface area contributed by atoms with Crippen molar-refractivity contribution in [2.24, 2.45) is 0 Å². The van der Waals surface area contributed by atoms with Gasteiger partial charge in [0.25, 0.3) is 5.91 Å². The van der Waals surface area contributed by atoms with Gasteiger partial charge in [0.05, 0.1) is 20.0 Å². The third-order valence-corrected chi connectivity index (χ3v) is 6.68. The molecule has 3 aromatic rings. The van der Waals surface area contributed by atoms with Gasteiger partial charge in [-0.1, -0.05) is 12.1 Å². The minimum absolute atomic E-state index is 0.142. The Morgan fingerprint density at radius 2 is 2.17 bits per heavy atom. The monoisotopic (exact) mass is 357 g/mol. The van der Waals surface area contributed by atoms with Crippen LogP contribution in [0.25, 0.3) is 20.1 Å². The Morgan fingerprint density at radius 1 is 1.29 bits per heavy atom. The fourth-order valence-electron chi connectivity index (χ4n) is 3.16. The summed E-state index contributed by atoms with van der Waals surface area (Å²) in [5.74, 6) is 0.142. The summed E-state index contributed by atoms with van der Waals surface area (Å²) >= 11 is 3.23. The molecule has 1 unspecified atom stereocenters. The Labute approximate surface area is 149 Å². The van der Waals surface area contributed by atoms with E-state index in [2.05, 4.69) is 18.3 Å². The number of carbonyl (C=O) groups is 1. The molecule has 1 amide bonds. The summed E-state index contributed by atoms with van der Waals surface area (Å²) in [5.41, 5.74) is 1.02. The molecule has 3 heterocycles. The van der Waals surface area contributed by atoms with E-state index in [-0.39, 0.29) is 5.91 Å². The predicted molar refractivity (Wildman–Crippen MR) is 101 cm³/mol. The maximum Gasteiger partial charge on any atom is 0.264 e. The number of amides is 1. The Bertz CT molecular complexity index is 831. The van der Waals surface area contributed by atoms with E-state index >= 15 is 0 Å². The van der Waals surface area contributed by atoms with Crippen LogP contribution < -0.4 is 5.32 Å². The zero-order chi connectivity index (χ0) is 16.5. The lowest BCUT2D eigenvalue weighted by Crippen LogP contribution is -2.41. The van der Waals surface area contributed by atoms with E-state index in [0.717, 1.165) is 46.3 Å². The van der Waals surface area contributed by atoms with Gasteiger partial charge >= 0.3 is 0 Å². The van der Waals surface area contributed by atoms with Gasteiger partial charge in [-0.15, -0.1) is 22.7 Å². The molecule has 124 valence electrons. The van der Waals surface area contributed by atoms with Crippen LogP contribution in [0.2, 0.25) is 0 Å². The molecule has 1 aliphatic heterocycles. The van der Waals surface area contributed by atoms with Crippen molar-refractivity contribution >= 4 is 38.8 Å². The number of para-hydroxylation sites is 1. The number of thiazole rings is 1. The van der Waals surface area contributed by atoms with Crippen LogP contribution in [-0.2, 0) is 0 Å². The molecule has 0 aliphatic carbocycles. The Kier molecular flexibility index (Phi) is 4.35. The lowest BCUT2D eigenvalue weighted by atomic mass is 10.2. The molecule has 0 radical (unpaired) electrons. The number of likely N-dealkylation sites (N-methyl/N-ethyl adjacent to an activating group) is 1. The van der Waals surface area contributed by atoms with Crippen molar-refractivity contribution in [3.63, 3.8) is 0 Å². The third kappa shape index (κ3) is 2.85. The van der Waals surface area contributed by atoms with Gasteiger partial charge in [-0.2, -0.15) is 0 Å². The smallest absolute Gasteiger partial charge is 0.264 e. The second kappa shape index (κ2) is 6.63. The van der Waals surface area contributed by atoms with Gasteiger partial charge in [0.15, 0.2) is 0 Å². The molecule has 4 nitrogen and oxygen atoms in total. The topological polar surface area (TPSA) is 45.2 Å². The van der Waals surface area contributed by atoms with Crippen molar-refractivity contribution in [3.05, 3.63) is 41.3 Å². The number of carbonyl (C=O) groups excluding carboxylic acids is 1. The summed E-state index contributed by atoms with van der Waals surface area (Å²) in [4.78, 5) is 21.4. The van der Waals surface area contributed by atoms with E-state index < -0.39 is 0 Å². The molecule has 1 fully saturated rings. The largest absolute Gasteiger partial charge is 0.334 e. The van der Waals surface area contributed by atoms with Crippen LogP contribution in [0.1, 0.15) is 23.0 Å². The first-order chi connectivity index (χ1) is 11.8. The van der Waals surface area contributed by atoms with Gasteiger partial charge in [-0.3, -0.25) is 4.79 Å². The van der Waals surface area contributed by atoms with Crippen LogP contribution in [0.3, 0.4) is 0 Å². The number of hydrogen-bond acceptors (Lipinski definition) is 5. The molecule has 1 aliphatic rings. The summed E-state index contributed by atoms with van der Waals surface area (Å²) in [5, 5.41) is 4.33. The van der Waals surface area contributed by atoms with E-state index in [1.807, 2.05) is 35.2 Å². The Hall–Kier alpha value is -1.76. The molecule has 0 saturated carbocycles. The molecule has 0 bridgehead atoms. The van der Waals surface area contributed by atoms with E-state index in [1.54, 1.807) is 22.7 Å². The van der Waals surface area contributed by atoms with Crippen LogP contribution >= 0.6 is 22.7 Å². The van der Waals surface area contributed by atoms with E-state index in [4.69, 9.17) is 4.98 Å². The second-order valence-electron chi connectivity index (χ2n) is 5.89. The molecule has 4 rings (SSSR count). The average Bonchev–Trinajstić information content (AvgIpc) is 3.34. The molecular weight excluding hydrogens is 338 g/mol. The average molecular weight is 358 g/mol. The first-order valence-electron chi connectivity index (χ1n) is 8.23. The molecule has 1 saturated heterocycles. The lowest BCUT2D eigenvalue weighted by Gasteiger charge is -2.26. The number of thiophene rings is 1. The normalized spacial score (nSPS) is 17.5. The number of aromatic nitrogens is 1. The van der Waals surface area contributed by atoms with Gasteiger partial charge in [0.2, 0.25) is 0 Å². The fraction of sp³-hybridized carbons (Fsp3) is 0.333. The highest BCUT2D eigenvalue weighted by molar-refractivity contribution is 7.26. The lowest BCUT2D eigenvalue weighted by molar-refractivity contribution is 0.0709. The predicted octanol–water partition coefficient (Wildman–Crippen LogP) is 3.85. The summed E-state index contributed by atoms with van der Waals surface area (Å²) in [6.45, 7) is 4.70. The van der Waals surface area contributed by atoms with Crippen molar-refractivity contribution in [2.45, 2.75) is 19.4 Å². The standard InChI is InChI=1S/C18H19N3OS2/c1-2-21(12-9-10-19-11-12)18(22)16-8-7-15(23-16)17-20-13-5-3-4-6-14(13)24-17/h3-8,12,19H,2,9-11H2,1H3. The minimum Gasteiger partial charge on any atom is -0.334 e. The maximum absolute atomic E-state index is 12.9. The van der Waals surface area contributed by atoms with Crippen molar-refractivity contribution in [1.29, 1.82) is 0 Å². The second-order valence-corrected chi connectivity index (χ2v) is 8.00. The molecule has 1 atom stereocenters. The first kappa shape index (κ1) is 15.7. The third-order valence-electron chi connectivity index (χ3n) is 4.40. The number of nitrogens with one attached hydrogen (secondary N) is 1. The number of hydrogen-bond donors (Lipinski definition) is 1. The summed E-state index contributed by atoms with van der Waals surface area (Å²) in [6.07, 6.45) is 1.04. The molecular formula is C18H19N3OS2. The fourth-order valence-corrected chi connectivity index (χ4v) is 5.14. The van der Waals surface area contributed by atoms with E-state index in [0.29, 0.717) is 6.04 Å². The van der Waals surface area contributed by atoms with E-state index in [1.165, 1.54) is 4.70 Å². The maximum atomic E-state index is 12.9. The minimum atomic E-state index is 0.142. The Morgan fingerprint density at radius 3 is 2.92 bits per heavy atom. The van der Waals surface area contributed by atoms with Crippen LogP contribution in [-0.4, -0.2) is 41.5 Å². The van der Waals surface area contributed by atoms with Crippen LogP contribution in [0, 0.1) is 0 Å². The van der Waals surface area contributed by atoms with Crippen LogP contribution in [0.4, 0.5) is 0 Å². The number of fused-ring (bicyclic) bond motifs is 1. The van der Waals surface area contributed by atoms with Gasteiger partial charge in [0, 0.05) is 19.1 Å². The van der Waals surface area contributed by atoms with Crippen LogP contribution in [0.5, 0.6) is 0 Å². The molecule has 24 heavy (non-hydrogen) atoms. The van der Waals surface area contributed by atoms with Crippen molar-refractivity contribution < 1.29 is 4.79 Å². The highest BCUT2D eigenvalue weighted by Gasteiger charge is 2.27.